The second-order valence-electron chi connectivity index (χ2n) is 33.7. The van der Waals surface area contributed by atoms with Gasteiger partial charge < -0.3 is 23.5 Å². The first-order valence-corrected chi connectivity index (χ1v) is 44.1. The number of allylic oxidation sites excluding steroid dienone is 4. The number of fused-ring (bicyclic) bond motifs is 18. The third kappa shape index (κ3) is 12.5. The van der Waals surface area contributed by atoms with Crippen molar-refractivity contribution in [2.45, 2.75) is 52.4 Å². The average molecular weight is 1640 g/mol. The van der Waals surface area contributed by atoms with E-state index in [1.165, 1.54) is 131 Å². The summed E-state index contributed by atoms with van der Waals surface area (Å²) in [4.78, 5) is 4.53. The Bertz CT molecular complexity index is 8210. The summed E-state index contributed by atoms with van der Waals surface area (Å²) in [5.41, 5.74) is 29.3. The van der Waals surface area contributed by atoms with Crippen molar-refractivity contribution in [3.05, 3.63) is 416 Å². The fourth-order valence-corrected chi connectivity index (χ4v) is 20.7. The molecule has 0 amide bonds. The fourth-order valence-electron chi connectivity index (χ4n) is 20.0. The van der Waals surface area contributed by atoms with Crippen molar-refractivity contribution in [1.29, 1.82) is 5.41 Å². The third-order valence-corrected chi connectivity index (χ3v) is 26.8. The zero-order valence-electron chi connectivity index (χ0n) is 69.4. The molecular weight excluding hydrogens is 1560 g/mol. The maximum Gasteiger partial charge on any atom is 0.129 e. The van der Waals surface area contributed by atoms with Gasteiger partial charge >= 0.3 is 0 Å². The van der Waals surface area contributed by atoms with Crippen molar-refractivity contribution < 1.29 is 0 Å². The summed E-state index contributed by atoms with van der Waals surface area (Å²) in [5.74, 6) is 0. The highest BCUT2D eigenvalue weighted by Gasteiger charge is 2.31. The first-order valence-electron chi connectivity index (χ1n) is 43.0. The van der Waals surface area contributed by atoms with Gasteiger partial charge in [0, 0.05) is 94.0 Å². The number of hydrogen-bond donors (Lipinski definition) is 2. The lowest BCUT2D eigenvalue weighted by Crippen LogP contribution is -2.30. The van der Waals surface area contributed by atoms with Crippen molar-refractivity contribution >= 4 is 190 Å². The molecule has 1 aliphatic carbocycles. The highest BCUT2D eigenvalue weighted by Crippen LogP contribution is 2.48. The minimum atomic E-state index is -0.231. The molecule has 0 saturated carbocycles. The molecule has 22 aromatic rings. The van der Waals surface area contributed by atoms with Crippen LogP contribution in [-0.2, 0) is 24.7 Å². The van der Waals surface area contributed by atoms with E-state index in [0.29, 0.717) is 11.4 Å². The minimum Gasteiger partial charge on any atom is -0.309 e. The van der Waals surface area contributed by atoms with Crippen molar-refractivity contribution in [2.24, 2.45) is 4.40 Å². The minimum absolute atomic E-state index is 0.231. The summed E-state index contributed by atoms with van der Waals surface area (Å²) >= 11 is 5.90. The van der Waals surface area contributed by atoms with E-state index in [4.69, 9.17) is 8.75 Å². The molecule has 0 saturated heterocycles. The standard InChI is InChI=1S/C114H83N9S2/c1-5-71-36-59-100-98(65-71)99-66-72(6-2)37-60-101(99)121(100)89-31-20-30-88(69-89)120(84-27-11-8-12-28-84)105-64-58-92(109-111(105)118-125-117-109)79-43-53-86(54-44-79)123-103-62-48-80-38-35-73(67-97(80)107(103)96-56-46-77-23-15-18-34-94(77)113(96)123)70-114(3,4)82-49-39-74(40-50-82)81-24-19-29-87(68-81)119(83-25-9-7-10-26-83)104-63-57-91(108(115)110(104)116-124)78-41-51-85(52-42-78)122-102-61-47-75-21-13-16-32-90(75)106(102)95-55-45-76-22-14-17-33-93(76)112(95)122/h7-69,115,124H,5-6,70H2,1-4H3. The Morgan fingerprint density at radius 2 is 0.848 bits per heavy atom. The summed E-state index contributed by atoms with van der Waals surface area (Å²) in [6.07, 6.45) is 6.93. The Hall–Kier alpha value is -15.0. The molecule has 0 atom stereocenters. The van der Waals surface area contributed by atoms with Gasteiger partial charge in [0.05, 0.1) is 61.9 Å². The molecule has 0 radical (unpaired) electrons. The molecule has 596 valence electrons. The van der Waals surface area contributed by atoms with Gasteiger partial charge in [0.25, 0.3) is 0 Å². The predicted octanol–water partition coefficient (Wildman–Crippen LogP) is 30.5. The van der Waals surface area contributed by atoms with Gasteiger partial charge in [-0.2, -0.15) is 8.75 Å². The Morgan fingerprint density at radius 1 is 0.360 bits per heavy atom. The van der Waals surface area contributed by atoms with E-state index in [2.05, 4.69) is 445 Å². The van der Waals surface area contributed by atoms with Gasteiger partial charge in [0.15, 0.2) is 0 Å². The van der Waals surface area contributed by atoms with E-state index < -0.39 is 0 Å². The number of hydrogen-bond acceptors (Lipinski definition) is 8. The smallest absolute Gasteiger partial charge is 0.129 e. The van der Waals surface area contributed by atoms with Crippen LogP contribution < -0.4 is 9.80 Å². The van der Waals surface area contributed by atoms with E-state index in [0.717, 1.165) is 126 Å². The number of aryl methyl sites for hydroxylation is 2. The van der Waals surface area contributed by atoms with Gasteiger partial charge in [-0.25, -0.2) is 4.40 Å². The van der Waals surface area contributed by atoms with Crippen LogP contribution in [0.2, 0.25) is 0 Å². The zero-order chi connectivity index (χ0) is 83.7. The van der Waals surface area contributed by atoms with Crippen molar-refractivity contribution in [1.82, 2.24) is 22.4 Å². The molecule has 11 heteroatoms. The molecule has 0 unspecified atom stereocenters. The molecule has 4 aromatic heterocycles. The molecule has 0 aliphatic heterocycles. The fraction of sp³-hybridized carbons (Fsp3) is 0.0702. The van der Waals surface area contributed by atoms with Crippen LogP contribution in [0, 0.1) is 5.41 Å². The third-order valence-electron chi connectivity index (χ3n) is 26.1. The van der Waals surface area contributed by atoms with Gasteiger partial charge in [-0.3, -0.25) is 5.41 Å². The molecule has 18 aromatic carbocycles. The molecular formula is C114H83N9S2. The predicted molar refractivity (Wildman–Crippen MR) is 533 cm³/mol. The summed E-state index contributed by atoms with van der Waals surface area (Å²) in [6.45, 7) is 9.20. The Morgan fingerprint density at radius 3 is 1.46 bits per heavy atom. The molecule has 0 fully saturated rings. The van der Waals surface area contributed by atoms with Gasteiger partial charge in [0.2, 0.25) is 0 Å². The molecule has 23 rings (SSSR count). The number of para-hydroxylation sites is 2. The summed E-state index contributed by atoms with van der Waals surface area (Å²) in [6, 6.07) is 135. The van der Waals surface area contributed by atoms with Crippen LogP contribution in [-0.4, -0.2) is 33.9 Å². The number of nitrogens with zero attached hydrogens (tertiary/aromatic N) is 8. The van der Waals surface area contributed by atoms with Crippen LogP contribution in [0.15, 0.2) is 392 Å². The molecule has 0 bridgehead atoms. The molecule has 0 spiro atoms. The van der Waals surface area contributed by atoms with Crippen LogP contribution in [0.25, 0.3) is 164 Å². The molecule has 125 heavy (non-hydrogen) atoms. The van der Waals surface area contributed by atoms with E-state index in [-0.39, 0.29) is 5.41 Å². The van der Waals surface area contributed by atoms with Crippen molar-refractivity contribution in [3.63, 3.8) is 0 Å². The SMILES string of the molecule is CCc1ccc2c(c1)c1cc(CC)ccc1n2-c1cccc(N(c2ccccc2)c2ccc(-c3ccc(-n4c5ccc6ccc(CC(C)(C)c7ccc(-c8cccc(N(C9=CC=C(c%10ccc(-n%11c%12ccc%13ccccc%13c%12c%12ccc%13ccccc%13c%12%11)cc%10)C(=N)C9=NS)c9ccccc9)c8)cc7)cc6c5c5ccc6ccccc6c54)cc3)c3nsnc23)c1. The summed E-state index contributed by atoms with van der Waals surface area (Å²) in [7, 11) is 0. The summed E-state index contributed by atoms with van der Waals surface area (Å²) in [5, 5.41) is 27.1. The topological polar surface area (TPSA) is 83.3 Å². The lowest BCUT2D eigenvalue weighted by Gasteiger charge is -2.31. The highest BCUT2D eigenvalue weighted by molar-refractivity contribution is 7.79. The normalized spacial score (nSPS) is 13.1. The quantitative estimate of drug-likeness (QED) is 0.0703. The Labute approximate surface area is 733 Å². The van der Waals surface area contributed by atoms with Crippen molar-refractivity contribution in [3.8, 4) is 39.3 Å². The number of nitrogens with one attached hydrogen (secondary N) is 1. The van der Waals surface area contributed by atoms with Crippen LogP contribution in [0.1, 0.15) is 55.5 Å². The summed E-state index contributed by atoms with van der Waals surface area (Å²) < 4.78 is 22.2. The molecule has 4 heterocycles. The molecule has 1 aliphatic rings. The number of rotatable bonds is 17. The van der Waals surface area contributed by atoms with Crippen LogP contribution >= 0.6 is 24.5 Å². The molecule has 9 nitrogen and oxygen atoms in total. The van der Waals surface area contributed by atoms with Crippen LogP contribution in [0.4, 0.5) is 28.4 Å². The van der Waals surface area contributed by atoms with Gasteiger partial charge in [-0.05, 0) is 254 Å². The lowest BCUT2D eigenvalue weighted by atomic mass is 9.78. The largest absolute Gasteiger partial charge is 0.309 e. The van der Waals surface area contributed by atoms with Gasteiger partial charge in [0.1, 0.15) is 16.7 Å². The van der Waals surface area contributed by atoms with E-state index in [1.807, 2.05) is 6.07 Å². The van der Waals surface area contributed by atoms with Crippen molar-refractivity contribution in [2.75, 3.05) is 9.80 Å². The monoisotopic (exact) mass is 1640 g/mol. The second-order valence-corrected chi connectivity index (χ2v) is 34.4. The Kier molecular flexibility index (Phi) is 18.1. The first kappa shape index (κ1) is 75.0. The zero-order valence-corrected chi connectivity index (χ0v) is 71.1. The number of thiol groups is 1. The maximum absolute atomic E-state index is 9.93. The number of anilines is 5. The van der Waals surface area contributed by atoms with Crippen LogP contribution in [0.5, 0.6) is 0 Å². The Balaban J connectivity index is 0.539. The lowest BCUT2D eigenvalue weighted by molar-refractivity contribution is 0.523. The number of aromatic nitrogens is 5. The van der Waals surface area contributed by atoms with E-state index in [9.17, 15) is 5.41 Å². The highest BCUT2D eigenvalue weighted by atomic mass is 32.1. The van der Waals surface area contributed by atoms with E-state index in [1.54, 1.807) is 0 Å². The maximum atomic E-state index is 9.93. The molecule has 1 N–H and O–H groups in total. The van der Waals surface area contributed by atoms with Crippen LogP contribution in [0.3, 0.4) is 0 Å². The average Bonchev–Trinajstić information content (AvgIpc) is 1.57. The van der Waals surface area contributed by atoms with E-state index >= 15 is 0 Å². The van der Waals surface area contributed by atoms with Gasteiger partial charge in [-0.1, -0.05) is 270 Å². The van der Waals surface area contributed by atoms with Gasteiger partial charge in [-0.15, -0.1) is 0 Å². The number of benzene rings is 18. The first-order chi connectivity index (χ1) is 61.5. The second kappa shape index (κ2) is 30.2.